The van der Waals surface area contributed by atoms with Gasteiger partial charge in [0.05, 0.1) is 6.20 Å². The molecule has 0 bridgehead atoms. The van der Waals surface area contributed by atoms with Crippen LogP contribution in [0.3, 0.4) is 0 Å². The Morgan fingerprint density at radius 2 is 1.94 bits per heavy atom. The summed E-state index contributed by atoms with van der Waals surface area (Å²) >= 11 is 0. The second-order valence-electron chi connectivity index (χ2n) is 8.62. The minimum atomic E-state index is -0.426. The SMILES string of the molecule is CN1CC=C(c2ccc(Cn3ccc4cc(-n5cc(C(N)=O)c[n+]5C)ccc43)cc2)CC1. The number of aryl methyl sites for hydroxylation is 1. The molecule has 1 aliphatic rings. The summed E-state index contributed by atoms with van der Waals surface area (Å²) in [5, 5.41) is 1.16. The van der Waals surface area contributed by atoms with Crippen LogP contribution in [-0.4, -0.2) is 40.2 Å². The maximum absolute atomic E-state index is 11.5. The lowest BCUT2D eigenvalue weighted by molar-refractivity contribution is -0.744. The van der Waals surface area contributed by atoms with Crippen molar-refractivity contribution < 1.29 is 9.48 Å². The Hall–Kier alpha value is -3.64. The van der Waals surface area contributed by atoms with Crippen molar-refractivity contribution in [2.45, 2.75) is 13.0 Å². The molecule has 0 saturated carbocycles. The monoisotopic (exact) mass is 426 g/mol. The van der Waals surface area contributed by atoms with E-state index in [4.69, 9.17) is 5.73 Å². The molecule has 0 atom stereocenters. The highest BCUT2D eigenvalue weighted by molar-refractivity contribution is 5.92. The highest BCUT2D eigenvalue weighted by Gasteiger charge is 2.15. The van der Waals surface area contributed by atoms with E-state index in [2.05, 4.69) is 77.3 Å². The zero-order valence-corrected chi connectivity index (χ0v) is 18.5. The van der Waals surface area contributed by atoms with Crippen molar-refractivity contribution in [3.63, 3.8) is 0 Å². The quantitative estimate of drug-likeness (QED) is 0.499. The van der Waals surface area contributed by atoms with E-state index in [1.54, 1.807) is 12.4 Å². The number of primary amides is 1. The van der Waals surface area contributed by atoms with Gasteiger partial charge in [-0.1, -0.05) is 30.3 Å². The number of hydrogen-bond acceptors (Lipinski definition) is 2. The van der Waals surface area contributed by atoms with Crippen LogP contribution in [0.1, 0.15) is 27.9 Å². The number of rotatable bonds is 5. The van der Waals surface area contributed by atoms with E-state index < -0.39 is 5.91 Å². The molecule has 32 heavy (non-hydrogen) atoms. The van der Waals surface area contributed by atoms with Crippen LogP contribution in [0.15, 0.2) is 73.2 Å². The molecule has 1 amide bonds. The Kier molecular flexibility index (Phi) is 5.15. The third-order valence-corrected chi connectivity index (χ3v) is 6.32. The van der Waals surface area contributed by atoms with Crippen molar-refractivity contribution in [1.82, 2.24) is 14.1 Å². The number of nitrogens with zero attached hydrogens (tertiary/aromatic N) is 4. The van der Waals surface area contributed by atoms with Crippen LogP contribution in [0.2, 0.25) is 0 Å². The lowest BCUT2D eigenvalue weighted by atomic mass is 9.98. The van der Waals surface area contributed by atoms with Gasteiger partial charge in [0, 0.05) is 36.7 Å². The van der Waals surface area contributed by atoms with Gasteiger partial charge in [-0.15, -0.1) is 9.36 Å². The number of hydrogen-bond donors (Lipinski definition) is 1. The molecule has 0 unspecified atom stereocenters. The standard InChI is InChI=1S/C26H27N5O/c1-28-12-9-21(10-13-28)20-5-3-19(4-6-20)16-30-14-11-22-15-24(7-8-25(22)30)31-18-23(26(27)32)17-29(31)2/h3-9,11,14-15,17-18H,10,12-13,16H2,1-2H3,(H-,27,32)/p+1. The summed E-state index contributed by atoms with van der Waals surface area (Å²) in [6, 6.07) is 17.4. The van der Waals surface area contributed by atoms with Crippen LogP contribution >= 0.6 is 0 Å². The first-order chi connectivity index (χ1) is 15.5. The first kappa shape index (κ1) is 20.3. The molecular weight excluding hydrogens is 398 g/mol. The second kappa shape index (κ2) is 8.13. The zero-order chi connectivity index (χ0) is 22.2. The maximum atomic E-state index is 11.5. The molecule has 0 aliphatic carbocycles. The molecule has 0 fully saturated rings. The molecule has 6 nitrogen and oxygen atoms in total. The van der Waals surface area contributed by atoms with Gasteiger partial charge in [-0.2, -0.15) is 0 Å². The average Bonchev–Trinajstić information content (AvgIpc) is 3.38. The zero-order valence-electron chi connectivity index (χ0n) is 18.5. The van der Waals surface area contributed by atoms with Gasteiger partial charge in [-0.05, 0) is 54.4 Å². The second-order valence-corrected chi connectivity index (χ2v) is 8.62. The lowest BCUT2D eigenvalue weighted by Gasteiger charge is -2.22. The number of carbonyl (C=O) groups excluding carboxylic acids is 1. The average molecular weight is 427 g/mol. The molecule has 162 valence electrons. The van der Waals surface area contributed by atoms with Crippen LogP contribution in [0.4, 0.5) is 0 Å². The van der Waals surface area contributed by atoms with E-state index in [1.807, 2.05) is 16.4 Å². The molecule has 2 N–H and O–H groups in total. The van der Waals surface area contributed by atoms with E-state index in [-0.39, 0.29) is 0 Å². The predicted molar refractivity (Wildman–Crippen MR) is 127 cm³/mol. The normalized spacial score (nSPS) is 14.6. The summed E-state index contributed by atoms with van der Waals surface area (Å²) in [7, 11) is 4.06. The number of carbonyl (C=O) groups is 1. The Morgan fingerprint density at radius 1 is 1.12 bits per heavy atom. The van der Waals surface area contributed by atoms with Crippen molar-refractivity contribution in [2.75, 3.05) is 20.1 Å². The predicted octanol–water partition coefficient (Wildman–Crippen LogP) is 3.12. The number of fused-ring (bicyclic) bond motifs is 1. The van der Waals surface area contributed by atoms with E-state index in [0.717, 1.165) is 37.1 Å². The Balaban J connectivity index is 1.37. The van der Waals surface area contributed by atoms with Gasteiger partial charge in [-0.3, -0.25) is 4.79 Å². The number of aromatic nitrogens is 3. The topological polar surface area (TPSA) is 60.1 Å². The summed E-state index contributed by atoms with van der Waals surface area (Å²) in [6.45, 7) is 2.98. The van der Waals surface area contributed by atoms with Crippen molar-refractivity contribution in [2.24, 2.45) is 12.8 Å². The number of benzene rings is 2. The molecule has 0 radical (unpaired) electrons. The van der Waals surface area contributed by atoms with Crippen molar-refractivity contribution in [1.29, 1.82) is 0 Å². The van der Waals surface area contributed by atoms with Crippen LogP contribution in [0, 0.1) is 0 Å². The number of nitrogens with two attached hydrogens (primary N) is 1. The molecule has 2 aromatic carbocycles. The van der Waals surface area contributed by atoms with Gasteiger partial charge < -0.3 is 15.2 Å². The molecule has 0 saturated heterocycles. The van der Waals surface area contributed by atoms with E-state index in [0.29, 0.717) is 5.56 Å². The highest BCUT2D eigenvalue weighted by Crippen LogP contribution is 2.24. The Labute approximate surface area is 187 Å². The minimum absolute atomic E-state index is 0.426. The fraction of sp³-hybridized carbons (Fsp3) is 0.231. The summed E-state index contributed by atoms with van der Waals surface area (Å²) < 4.78 is 6.06. The Morgan fingerprint density at radius 3 is 2.62 bits per heavy atom. The molecule has 1 aliphatic heterocycles. The molecule has 3 heterocycles. The summed E-state index contributed by atoms with van der Waals surface area (Å²) in [5.41, 5.74) is 12.1. The van der Waals surface area contributed by atoms with Crippen LogP contribution in [-0.2, 0) is 13.6 Å². The molecule has 4 aromatic rings. The van der Waals surface area contributed by atoms with Gasteiger partial charge in [0.1, 0.15) is 11.3 Å². The van der Waals surface area contributed by atoms with Gasteiger partial charge in [0.2, 0.25) is 6.20 Å². The van der Waals surface area contributed by atoms with E-state index in [1.165, 1.54) is 22.2 Å². The molecular formula is C26H28N5O+. The van der Waals surface area contributed by atoms with E-state index in [9.17, 15) is 4.79 Å². The van der Waals surface area contributed by atoms with Gasteiger partial charge in [0.25, 0.3) is 5.91 Å². The third kappa shape index (κ3) is 3.85. The third-order valence-electron chi connectivity index (χ3n) is 6.32. The van der Waals surface area contributed by atoms with E-state index >= 15 is 0 Å². The Bertz CT molecular complexity index is 1330. The summed E-state index contributed by atoms with van der Waals surface area (Å²) in [6.07, 6.45) is 9.09. The smallest absolute Gasteiger partial charge is 0.256 e. The molecule has 0 spiro atoms. The first-order valence-corrected chi connectivity index (χ1v) is 10.9. The van der Waals surface area contributed by atoms with Gasteiger partial charge in [0.15, 0.2) is 7.05 Å². The van der Waals surface area contributed by atoms with Crippen LogP contribution in [0.5, 0.6) is 0 Å². The van der Waals surface area contributed by atoms with Crippen molar-refractivity contribution >= 4 is 22.4 Å². The van der Waals surface area contributed by atoms with Crippen LogP contribution < -0.4 is 10.4 Å². The minimum Gasteiger partial charge on any atom is -0.365 e. The molecule has 2 aromatic heterocycles. The molecule has 6 heteroatoms. The van der Waals surface area contributed by atoms with Gasteiger partial charge >= 0.3 is 0 Å². The van der Waals surface area contributed by atoms with Crippen molar-refractivity contribution in [3.8, 4) is 5.69 Å². The fourth-order valence-electron chi connectivity index (χ4n) is 4.43. The summed E-state index contributed by atoms with van der Waals surface area (Å²) in [4.78, 5) is 13.8. The maximum Gasteiger partial charge on any atom is 0.256 e. The highest BCUT2D eigenvalue weighted by atomic mass is 16.1. The largest absolute Gasteiger partial charge is 0.365 e. The van der Waals surface area contributed by atoms with Crippen molar-refractivity contribution in [3.05, 3.63) is 89.9 Å². The number of likely N-dealkylation sites (N-methyl/N-ethyl adjacent to an activating group) is 1. The van der Waals surface area contributed by atoms with Gasteiger partial charge in [-0.25, -0.2) is 0 Å². The fourth-order valence-corrected chi connectivity index (χ4v) is 4.43. The molecule has 5 rings (SSSR count). The summed E-state index contributed by atoms with van der Waals surface area (Å²) in [5.74, 6) is -0.426. The van der Waals surface area contributed by atoms with Crippen LogP contribution in [0.25, 0.3) is 22.2 Å². The lowest BCUT2D eigenvalue weighted by Crippen LogP contribution is -2.36. The first-order valence-electron chi connectivity index (χ1n) is 10.9. The number of amides is 1.